The van der Waals surface area contributed by atoms with Crippen LogP contribution in [0, 0.1) is 23.2 Å². The number of hydrogen-bond donors (Lipinski definition) is 1. The molecule has 5 heteroatoms. The van der Waals surface area contributed by atoms with Gasteiger partial charge in [0, 0.05) is 35.9 Å². The van der Waals surface area contributed by atoms with E-state index in [2.05, 4.69) is 29.8 Å². The molecule has 2 bridgehead atoms. The van der Waals surface area contributed by atoms with Crippen LogP contribution in [0.25, 0.3) is 10.9 Å². The number of fused-ring (bicyclic) bond motifs is 4. The molecule has 3 saturated heterocycles. The van der Waals surface area contributed by atoms with Crippen molar-refractivity contribution in [2.24, 2.45) is 11.8 Å². The molecule has 3 fully saturated rings. The standard InChI is InChI=1S/C28H30N3O2/c1-3-19-17-31(18-22-7-5-4-6-21(22)16-29)13-11-20(19)14-27(31)28(32)24-10-12-30-26-9-8-23(33-2)15-25(24)26/h3-10,12,15,19-20,27-28,32H,1,11,13-14,17-18H2,2H3/q+1/t19-,20?,27-,28+,31?/m0/s1. The molecule has 3 aromatic rings. The van der Waals surface area contributed by atoms with Crippen molar-refractivity contribution in [1.82, 2.24) is 4.98 Å². The number of pyridine rings is 1. The zero-order valence-corrected chi connectivity index (χ0v) is 19.0. The van der Waals surface area contributed by atoms with Crippen molar-refractivity contribution in [3.63, 3.8) is 0 Å². The van der Waals surface area contributed by atoms with Crippen molar-refractivity contribution in [3.05, 3.63) is 84.1 Å². The van der Waals surface area contributed by atoms with Crippen molar-refractivity contribution in [3.8, 4) is 11.8 Å². The number of piperidine rings is 3. The molecule has 1 N–H and O–H groups in total. The summed E-state index contributed by atoms with van der Waals surface area (Å²) in [4.78, 5) is 4.50. The van der Waals surface area contributed by atoms with Crippen molar-refractivity contribution in [2.75, 3.05) is 20.2 Å². The fourth-order valence-corrected chi connectivity index (χ4v) is 6.23. The van der Waals surface area contributed by atoms with Gasteiger partial charge in [0.05, 0.1) is 37.3 Å². The van der Waals surface area contributed by atoms with Crippen LogP contribution in [-0.4, -0.2) is 40.8 Å². The molecule has 0 spiro atoms. The molecular weight excluding hydrogens is 410 g/mol. The molecule has 0 amide bonds. The molecule has 2 unspecified atom stereocenters. The van der Waals surface area contributed by atoms with Crippen molar-refractivity contribution in [1.29, 1.82) is 5.26 Å². The van der Waals surface area contributed by atoms with Gasteiger partial charge in [-0.2, -0.15) is 5.26 Å². The minimum absolute atomic E-state index is 0.0449. The van der Waals surface area contributed by atoms with Gasteiger partial charge in [-0.15, -0.1) is 6.58 Å². The first kappa shape index (κ1) is 21.6. The third-order valence-corrected chi connectivity index (χ3v) is 7.96. The summed E-state index contributed by atoms with van der Waals surface area (Å²) in [7, 11) is 1.65. The van der Waals surface area contributed by atoms with E-state index in [0.717, 1.165) is 70.3 Å². The fourth-order valence-electron chi connectivity index (χ4n) is 6.23. The molecule has 6 rings (SSSR count). The topological polar surface area (TPSA) is 66.1 Å². The lowest BCUT2D eigenvalue weighted by atomic mass is 9.71. The first-order valence-electron chi connectivity index (χ1n) is 11.7. The molecule has 0 aliphatic carbocycles. The van der Waals surface area contributed by atoms with Crippen LogP contribution in [0.1, 0.15) is 35.6 Å². The van der Waals surface area contributed by atoms with E-state index in [-0.39, 0.29) is 6.04 Å². The highest BCUT2D eigenvalue weighted by Gasteiger charge is 2.54. The van der Waals surface area contributed by atoms with Crippen LogP contribution in [0.2, 0.25) is 0 Å². The van der Waals surface area contributed by atoms with Gasteiger partial charge in [0.2, 0.25) is 0 Å². The van der Waals surface area contributed by atoms with Gasteiger partial charge < -0.3 is 14.3 Å². The smallest absolute Gasteiger partial charge is 0.131 e. The quantitative estimate of drug-likeness (QED) is 0.443. The van der Waals surface area contributed by atoms with E-state index in [1.165, 1.54) is 0 Å². The molecule has 5 nitrogen and oxygen atoms in total. The zero-order chi connectivity index (χ0) is 23.0. The highest BCUT2D eigenvalue weighted by Crippen LogP contribution is 2.48. The van der Waals surface area contributed by atoms with Gasteiger partial charge in [0.15, 0.2) is 0 Å². The Morgan fingerprint density at radius 2 is 2.15 bits per heavy atom. The first-order valence-corrected chi connectivity index (χ1v) is 11.7. The maximum Gasteiger partial charge on any atom is 0.131 e. The van der Waals surface area contributed by atoms with Crippen LogP contribution in [-0.2, 0) is 6.54 Å². The maximum absolute atomic E-state index is 11.9. The lowest BCUT2D eigenvalue weighted by molar-refractivity contribution is -0.985. The summed E-state index contributed by atoms with van der Waals surface area (Å²) >= 11 is 0. The summed E-state index contributed by atoms with van der Waals surface area (Å²) < 4.78 is 6.23. The highest BCUT2D eigenvalue weighted by atomic mass is 16.5. The number of nitrogens with zero attached hydrogens (tertiary/aromatic N) is 3. The first-order chi connectivity index (χ1) is 16.1. The van der Waals surface area contributed by atoms with Gasteiger partial charge in [-0.3, -0.25) is 4.98 Å². The second-order valence-electron chi connectivity index (χ2n) is 9.53. The largest absolute Gasteiger partial charge is 0.497 e. The van der Waals surface area contributed by atoms with E-state index in [9.17, 15) is 10.4 Å². The lowest BCUT2D eigenvalue weighted by Crippen LogP contribution is -2.67. The zero-order valence-electron chi connectivity index (χ0n) is 19.0. The second-order valence-corrected chi connectivity index (χ2v) is 9.53. The number of aliphatic hydroxyl groups excluding tert-OH is 1. The molecule has 3 aliphatic rings. The predicted molar refractivity (Wildman–Crippen MR) is 128 cm³/mol. The van der Waals surface area contributed by atoms with E-state index in [1.54, 1.807) is 13.3 Å². The summed E-state index contributed by atoms with van der Waals surface area (Å²) in [5.41, 5.74) is 3.54. The summed E-state index contributed by atoms with van der Waals surface area (Å²) in [5, 5.41) is 22.5. The minimum atomic E-state index is -0.634. The summed E-state index contributed by atoms with van der Waals surface area (Å²) in [5.74, 6) is 1.73. The monoisotopic (exact) mass is 440 g/mol. The number of rotatable bonds is 6. The maximum atomic E-state index is 11.9. The Labute approximate surface area is 195 Å². The minimum Gasteiger partial charge on any atom is -0.497 e. The molecule has 3 aliphatic heterocycles. The van der Waals surface area contributed by atoms with Crippen molar-refractivity contribution in [2.45, 2.75) is 31.5 Å². The van der Waals surface area contributed by atoms with E-state index in [0.29, 0.717) is 11.8 Å². The van der Waals surface area contributed by atoms with Crippen LogP contribution < -0.4 is 4.74 Å². The summed E-state index contributed by atoms with van der Waals surface area (Å²) in [6.07, 6.45) is 5.32. The number of quaternary nitrogens is 1. The molecule has 1 aromatic heterocycles. The van der Waals surface area contributed by atoms with Crippen LogP contribution in [0.5, 0.6) is 5.75 Å². The number of hydrogen-bond acceptors (Lipinski definition) is 4. The Balaban J connectivity index is 1.58. The average Bonchev–Trinajstić information content (AvgIpc) is 2.87. The van der Waals surface area contributed by atoms with Crippen LogP contribution in [0.4, 0.5) is 0 Å². The van der Waals surface area contributed by atoms with Gasteiger partial charge in [0.25, 0.3) is 0 Å². The predicted octanol–water partition coefficient (Wildman–Crippen LogP) is 4.76. The average molecular weight is 441 g/mol. The summed E-state index contributed by atoms with van der Waals surface area (Å²) in [6, 6.07) is 18.0. The van der Waals surface area contributed by atoms with E-state index < -0.39 is 6.10 Å². The molecule has 33 heavy (non-hydrogen) atoms. The molecule has 5 atom stereocenters. The third kappa shape index (κ3) is 3.70. The Kier molecular flexibility index (Phi) is 5.65. The van der Waals surface area contributed by atoms with Gasteiger partial charge in [-0.05, 0) is 41.8 Å². The number of nitriles is 1. The van der Waals surface area contributed by atoms with Crippen LogP contribution in [0.15, 0.2) is 67.4 Å². The fraction of sp³-hybridized carbons (Fsp3) is 0.357. The molecule has 0 saturated carbocycles. The molecular formula is C28H30N3O2+. The number of methoxy groups -OCH3 is 1. The Morgan fingerprint density at radius 1 is 1.30 bits per heavy atom. The number of aliphatic hydroxyl groups is 1. The third-order valence-electron chi connectivity index (χ3n) is 7.96. The van der Waals surface area contributed by atoms with Gasteiger partial charge in [0.1, 0.15) is 24.4 Å². The van der Waals surface area contributed by atoms with E-state index in [4.69, 9.17) is 4.74 Å². The van der Waals surface area contributed by atoms with Crippen molar-refractivity contribution < 1.29 is 14.3 Å². The molecule has 0 radical (unpaired) electrons. The van der Waals surface area contributed by atoms with E-state index >= 15 is 0 Å². The normalized spacial score (nSPS) is 27.1. The van der Waals surface area contributed by atoms with Gasteiger partial charge in [-0.1, -0.05) is 24.3 Å². The second kappa shape index (κ2) is 8.62. The number of ether oxygens (including phenoxy) is 1. The highest BCUT2D eigenvalue weighted by molar-refractivity contribution is 5.83. The SMILES string of the molecule is C=C[C@H]1C[N+]2(Cc3ccccc3C#N)CCC1C[C@H]2[C@H](O)c1ccnc2ccc(OC)cc12. The van der Waals surface area contributed by atoms with E-state index in [1.807, 2.05) is 42.5 Å². The number of aromatic nitrogens is 1. The van der Waals surface area contributed by atoms with Gasteiger partial charge >= 0.3 is 0 Å². The molecule has 168 valence electrons. The Bertz CT molecular complexity index is 1230. The van der Waals surface area contributed by atoms with Crippen LogP contribution >= 0.6 is 0 Å². The summed E-state index contributed by atoms with van der Waals surface area (Å²) in [6.45, 7) is 6.81. The lowest BCUT2D eigenvalue weighted by Gasteiger charge is -2.58. The molecule has 2 aromatic carbocycles. The Hall–Kier alpha value is -3.20. The van der Waals surface area contributed by atoms with Gasteiger partial charge in [-0.25, -0.2) is 0 Å². The Morgan fingerprint density at radius 3 is 2.94 bits per heavy atom. The van der Waals surface area contributed by atoms with Crippen molar-refractivity contribution >= 4 is 10.9 Å². The number of benzene rings is 2. The van der Waals surface area contributed by atoms with Crippen LogP contribution in [0.3, 0.4) is 0 Å². The molecule has 4 heterocycles.